The fourth-order valence-electron chi connectivity index (χ4n) is 0.738. The average Bonchev–Trinajstić information content (AvgIpc) is 1.99. The third-order valence-corrected chi connectivity index (χ3v) is 1.48. The van der Waals surface area contributed by atoms with Gasteiger partial charge in [-0.05, 0) is 13.3 Å². The third kappa shape index (κ3) is 3.82. The molecule has 0 bridgehead atoms. The van der Waals surface area contributed by atoms with E-state index in [0.29, 0.717) is 12.6 Å². The first kappa shape index (κ1) is 9.88. The van der Waals surface area contributed by atoms with E-state index in [1.165, 1.54) is 0 Å². The fraction of sp³-hybridized carbons (Fsp3) is 1.00. The van der Waals surface area contributed by atoms with Gasteiger partial charge in [-0.3, -0.25) is 5.32 Å². The Bertz CT molecular complexity index is 74.0. The zero-order valence-corrected chi connectivity index (χ0v) is 7.05. The van der Waals surface area contributed by atoms with Gasteiger partial charge in [-0.2, -0.15) is 0 Å². The van der Waals surface area contributed by atoms with Crippen LogP contribution in [0.1, 0.15) is 20.3 Å². The highest BCUT2D eigenvalue weighted by Crippen LogP contribution is 1.92. The van der Waals surface area contributed by atoms with E-state index in [4.69, 9.17) is 10.5 Å². The van der Waals surface area contributed by atoms with Crippen LogP contribution in [0.15, 0.2) is 0 Å². The predicted molar refractivity (Wildman–Crippen MR) is 42.7 cm³/mol. The first-order valence-corrected chi connectivity index (χ1v) is 3.73. The number of nitrogens with two attached hydrogens (primary N) is 1. The molecular formula is C7H18N2O. The lowest BCUT2D eigenvalue weighted by Crippen LogP contribution is -2.41. The molecule has 3 nitrogen and oxygen atoms in total. The van der Waals surface area contributed by atoms with Crippen molar-refractivity contribution < 1.29 is 4.74 Å². The summed E-state index contributed by atoms with van der Waals surface area (Å²) in [6, 6.07) is 0.338. The van der Waals surface area contributed by atoms with E-state index in [1.54, 1.807) is 7.11 Å². The maximum atomic E-state index is 5.41. The van der Waals surface area contributed by atoms with E-state index in [9.17, 15) is 0 Å². The maximum Gasteiger partial charge on any atom is 0.107 e. The molecule has 0 aromatic rings. The largest absolute Gasteiger partial charge is 0.367 e. The summed E-state index contributed by atoms with van der Waals surface area (Å²) >= 11 is 0. The van der Waals surface area contributed by atoms with E-state index in [1.807, 2.05) is 6.92 Å². The molecule has 10 heavy (non-hydrogen) atoms. The van der Waals surface area contributed by atoms with Gasteiger partial charge in [-0.15, -0.1) is 0 Å². The smallest absolute Gasteiger partial charge is 0.107 e. The minimum Gasteiger partial charge on any atom is -0.367 e. The van der Waals surface area contributed by atoms with Crippen LogP contribution in [0, 0.1) is 0 Å². The summed E-state index contributed by atoms with van der Waals surface area (Å²) in [4.78, 5) is 0. The van der Waals surface area contributed by atoms with Crippen molar-refractivity contribution in [2.75, 3.05) is 13.7 Å². The second-order valence-corrected chi connectivity index (χ2v) is 2.44. The van der Waals surface area contributed by atoms with Gasteiger partial charge in [0.2, 0.25) is 0 Å². The zero-order chi connectivity index (χ0) is 7.98. The number of hydrogen-bond acceptors (Lipinski definition) is 3. The molecule has 0 aliphatic carbocycles. The molecule has 0 saturated carbocycles. The van der Waals surface area contributed by atoms with Crippen LogP contribution in [0.3, 0.4) is 0 Å². The van der Waals surface area contributed by atoms with E-state index < -0.39 is 0 Å². The molecule has 0 rings (SSSR count). The van der Waals surface area contributed by atoms with Crippen LogP contribution in [0.4, 0.5) is 0 Å². The van der Waals surface area contributed by atoms with Crippen LogP contribution < -0.4 is 11.1 Å². The van der Waals surface area contributed by atoms with Crippen molar-refractivity contribution in [1.29, 1.82) is 0 Å². The van der Waals surface area contributed by atoms with Gasteiger partial charge in [-0.1, -0.05) is 6.92 Å². The Hall–Kier alpha value is -0.120. The van der Waals surface area contributed by atoms with Crippen molar-refractivity contribution >= 4 is 0 Å². The van der Waals surface area contributed by atoms with Crippen molar-refractivity contribution in [3.8, 4) is 0 Å². The number of methoxy groups -OCH3 is 1. The summed E-state index contributed by atoms with van der Waals surface area (Å²) in [5.41, 5.74) is 5.41. The molecule has 0 radical (unpaired) electrons. The molecule has 0 aromatic carbocycles. The lowest BCUT2D eigenvalue weighted by Gasteiger charge is -2.19. The predicted octanol–water partition coefficient (Wildman–Crippen LogP) is 0.306. The highest BCUT2D eigenvalue weighted by Gasteiger charge is 2.05. The third-order valence-electron chi connectivity index (χ3n) is 1.48. The summed E-state index contributed by atoms with van der Waals surface area (Å²) in [5, 5.41) is 3.22. The molecular weight excluding hydrogens is 128 g/mol. The van der Waals surface area contributed by atoms with Crippen LogP contribution in [0.25, 0.3) is 0 Å². The summed E-state index contributed by atoms with van der Waals surface area (Å²) in [5.74, 6) is 0. The van der Waals surface area contributed by atoms with Crippen LogP contribution in [-0.4, -0.2) is 25.9 Å². The SMILES string of the molecule is CCC(NC(C)CN)OC. The Labute approximate surface area is 62.9 Å². The normalized spacial score (nSPS) is 16.8. The van der Waals surface area contributed by atoms with Crippen LogP contribution in [0.5, 0.6) is 0 Å². The van der Waals surface area contributed by atoms with Gasteiger partial charge in [0.05, 0.1) is 0 Å². The lowest BCUT2D eigenvalue weighted by atomic mass is 10.3. The first-order chi connectivity index (χ1) is 4.74. The molecule has 0 saturated heterocycles. The molecule has 0 aromatic heterocycles. The van der Waals surface area contributed by atoms with Crippen molar-refractivity contribution in [2.24, 2.45) is 5.73 Å². The number of rotatable bonds is 5. The number of ether oxygens (including phenoxy) is 1. The molecule has 0 aliphatic rings. The summed E-state index contributed by atoms with van der Waals surface area (Å²) < 4.78 is 5.11. The second kappa shape index (κ2) is 5.65. The molecule has 0 spiro atoms. The highest BCUT2D eigenvalue weighted by molar-refractivity contribution is 4.62. The number of hydrogen-bond donors (Lipinski definition) is 2. The van der Waals surface area contributed by atoms with Gasteiger partial charge in [0.25, 0.3) is 0 Å². The fourth-order valence-corrected chi connectivity index (χ4v) is 0.738. The van der Waals surface area contributed by atoms with E-state index in [2.05, 4.69) is 12.2 Å². The zero-order valence-electron chi connectivity index (χ0n) is 7.05. The Balaban J connectivity index is 3.41. The van der Waals surface area contributed by atoms with Gasteiger partial charge >= 0.3 is 0 Å². The van der Waals surface area contributed by atoms with Crippen molar-refractivity contribution in [1.82, 2.24) is 5.32 Å². The molecule has 0 amide bonds. The summed E-state index contributed by atoms with van der Waals surface area (Å²) in [7, 11) is 1.70. The quantitative estimate of drug-likeness (QED) is 0.549. The standard InChI is InChI=1S/C7H18N2O/c1-4-7(10-3)9-6(2)5-8/h6-7,9H,4-5,8H2,1-3H3. The minimum atomic E-state index is 0.151. The summed E-state index contributed by atoms with van der Waals surface area (Å²) in [6.07, 6.45) is 1.12. The molecule has 62 valence electrons. The van der Waals surface area contributed by atoms with Crippen molar-refractivity contribution in [2.45, 2.75) is 32.5 Å². The summed E-state index contributed by atoms with van der Waals surface area (Å²) in [6.45, 7) is 4.77. The monoisotopic (exact) mass is 146 g/mol. The minimum absolute atomic E-state index is 0.151. The Morgan fingerprint density at radius 1 is 1.60 bits per heavy atom. The molecule has 0 fully saturated rings. The topological polar surface area (TPSA) is 47.3 Å². The second-order valence-electron chi connectivity index (χ2n) is 2.44. The van der Waals surface area contributed by atoms with E-state index in [-0.39, 0.29) is 6.23 Å². The van der Waals surface area contributed by atoms with Crippen molar-refractivity contribution in [3.05, 3.63) is 0 Å². The first-order valence-electron chi connectivity index (χ1n) is 3.73. The van der Waals surface area contributed by atoms with Gasteiger partial charge in [0, 0.05) is 19.7 Å². The molecule has 0 aliphatic heterocycles. The number of nitrogens with one attached hydrogen (secondary N) is 1. The van der Waals surface area contributed by atoms with Gasteiger partial charge < -0.3 is 10.5 Å². The molecule has 3 N–H and O–H groups in total. The average molecular weight is 146 g/mol. The van der Waals surface area contributed by atoms with Crippen molar-refractivity contribution in [3.63, 3.8) is 0 Å². The maximum absolute atomic E-state index is 5.41. The lowest BCUT2D eigenvalue weighted by molar-refractivity contribution is 0.0629. The Kier molecular flexibility index (Phi) is 5.58. The van der Waals surface area contributed by atoms with E-state index in [0.717, 1.165) is 6.42 Å². The Morgan fingerprint density at radius 3 is 2.50 bits per heavy atom. The molecule has 0 heterocycles. The van der Waals surface area contributed by atoms with E-state index >= 15 is 0 Å². The van der Waals surface area contributed by atoms with Gasteiger partial charge in [-0.25, -0.2) is 0 Å². The van der Waals surface area contributed by atoms with Crippen LogP contribution >= 0.6 is 0 Å². The van der Waals surface area contributed by atoms with Crippen LogP contribution in [0.2, 0.25) is 0 Å². The molecule has 3 heteroatoms. The van der Waals surface area contributed by atoms with Crippen LogP contribution in [-0.2, 0) is 4.74 Å². The van der Waals surface area contributed by atoms with Gasteiger partial charge in [0.15, 0.2) is 0 Å². The molecule has 2 unspecified atom stereocenters. The highest BCUT2D eigenvalue weighted by atomic mass is 16.5. The van der Waals surface area contributed by atoms with Gasteiger partial charge in [0.1, 0.15) is 6.23 Å². The molecule has 2 atom stereocenters. The Morgan fingerprint density at radius 2 is 2.20 bits per heavy atom.